The molecule has 0 saturated heterocycles. The van der Waals surface area contributed by atoms with E-state index in [0.717, 1.165) is 11.3 Å². The summed E-state index contributed by atoms with van der Waals surface area (Å²) >= 11 is 7.43. The Kier molecular flexibility index (Phi) is 8.20. The molecule has 0 radical (unpaired) electrons. The van der Waals surface area contributed by atoms with Crippen molar-refractivity contribution in [1.29, 1.82) is 0 Å². The predicted octanol–water partition coefficient (Wildman–Crippen LogP) is 4.47. The van der Waals surface area contributed by atoms with Gasteiger partial charge in [-0.25, -0.2) is 0 Å². The quantitative estimate of drug-likeness (QED) is 0.416. The van der Waals surface area contributed by atoms with Gasteiger partial charge in [-0.1, -0.05) is 35.5 Å². The number of carbonyl (C=O) groups excluding carboxylic acids is 1. The highest BCUT2D eigenvalue weighted by Crippen LogP contribution is 2.29. The lowest BCUT2D eigenvalue weighted by Crippen LogP contribution is -2.31. The molecule has 1 heterocycles. The van der Waals surface area contributed by atoms with Crippen LogP contribution < -0.4 is 9.47 Å². The van der Waals surface area contributed by atoms with Gasteiger partial charge in [0.15, 0.2) is 16.7 Å². The lowest BCUT2D eigenvalue weighted by molar-refractivity contribution is -0.128. The van der Waals surface area contributed by atoms with Gasteiger partial charge in [-0.05, 0) is 49.7 Å². The van der Waals surface area contributed by atoms with Crippen molar-refractivity contribution in [3.63, 3.8) is 0 Å². The second-order valence-corrected chi connectivity index (χ2v) is 7.96. The van der Waals surface area contributed by atoms with E-state index in [2.05, 4.69) is 10.2 Å². The van der Waals surface area contributed by atoms with Crippen LogP contribution in [0.5, 0.6) is 11.5 Å². The Morgan fingerprint density at radius 1 is 1.19 bits per heavy atom. The Morgan fingerprint density at radius 2 is 2.03 bits per heavy atom. The molecule has 0 unspecified atom stereocenters. The molecule has 0 aliphatic carbocycles. The molecule has 0 aliphatic rings. The standard InChI is InChI=1S/C22H25ClN4O3S/c1-4-26(13-16-9-10-19(30-5-2)20(11-16)29-3)21(28)14-31-22-25-24-15-27(22)18-8-6-7-17(23)12-18/h6-12,15H,4-5,13-14H2,1-3H3. The van der Waals surface area contributed by atoms with Gasteiger partial charge < -0.3 is 14.4 Å². The minimum absolute atomic E-state index is 0.0148. The van der Waals surface area contributed by atoms with E-state index in [0.29, 0.717) is 41.4 Å². The van der Waals surface area contributed by atoms with Gasteiger partial charge >= 0.3 is 0 Å². The second kappa shape index (κ2) is 11.1. The fourth-order valence-corrected chi connectivity index (χ4v) is 4.04. The Labute approximate surface area is 191 Å². The van der Waals surface area contributed by atoms with E-state index < -0.39 is 0 Å². The third kappa shape index (κ3) is 5.92. The topological polar surface area (TPSA) is 69.5 Å². The number of rotatable bonds is 10. The molecule has 2 aromatic carbocycles. The van der Waals surface area contributed by atoms with Gasteiger partial charge in [0.1, 0.15) is 6.33 Å². The molecule has 0 atom stereocenters. The fraction of sp³-hybridized carbons (Fsp3) is 0.318. The van der Waals surface area contributed by atoms with Crippen LogP contribution in [-0.2, 0) is 11.3 Å². The van der Waals surface area contributed by atoms with Crippen LogP contribution in [0.15, 0.2) is 53.9 Å². The van der Waals surface area contributed by atoms with E-state index in [1.54, 1.807) is 24.4 Å². The highest BCUT2D eigenvalue weighted by Gasteiger charge is 2.16. The van der Waals surface area contributed by atoms with E-state index in [4.69, 9.17) is 21.1 Å². The summed E-state index contributed by atoms with van der Waals surface area (Å²) in [6.45, 7) is 5.53. The third-order valence-electron chi connectivity index (χ3n) is 4.56. The number of halogens is 1. The number of nitrogens with zero attached hydrogens (tertiary/aromatic N) is 4. The van der Waals surface area contributed by atoms with Gasteiger partial charge in [0.2, 0.25) is 5.91 Å². The first-order valence-electron chi connectivity index (χ1n) is 9.92. The maximum Gasteiger partial charge on any atom is 0.233 e. The van der Waals surface area contributed by atoms with E-state index in [-0.39, 0.29) is 11.7 Å². The molecular weight excluding hydrogens is 436 g/mol. The summed E-state index contributed by atoms with van der Waals surface area (Å²) in [5, 5.41) is 9.38. The minimum Gasteiger partial charge on any atom is -0.493 e. The fourth-order valence-electron chi connectivity index (χ4n) is 3.03. The maximum atomic E-state index is 12.9. The van der Waals surface area contributed by atoms with Crippen LogP contribution in [0.25, 0.3) is 5.69 Å². The number of hydrogen-bond acceptors (Lipinski definition) is 6. The summed E-state index contributed by atoms with van der Waals surface area (Å²) < 4.78 is 12.8. The molecule has 0 saturated carbocycles. The molecule has 9 heteroatoms. The Hall–Kier alpha value is -2.71. The molecule has 3 rings (SSSR count). The highest BCUT2D eigenvalue weighted by molar-refractivity contribution is 7.99. The van der Waals surface area contributed by atoms with Gasteiger partial charge in [-0.15, -0.1) is 10.2 Å². The molecule has 1 amide bonds. The van der Waals surface area contributed by atoms with Gasteiger partial charge in [-0.2, -0.15) is 0 Å². The van der Waals surface area contributed by atoms with Crippen LogP contribution in [0.1, 0.15) is 19.4 Å². The highest BCUT2D eigenvalue weighted by atomic mass is 35.5. The predicted molar refractivity (Wildman–Crippen MR) is 122 cm³/mol. The average Bonchev–Trinajstić information content (AvgIpc) is 3.25. The van der Waals surface area contributed by atoms with Crippen molar-refractivity contribution >= 4 is 29.3 Å². The Bertz CT molecular complexity index is 1030. The zero-order chi connectivity index (χ0) is 22.2. The van der Waals surface area contributed by atoms with E-state index in [1.165, 1.54) is 11.8 Å². The number of ether oxygens (including phenoxy) is 2. The molecule has 0 N–H and O–H groups in total. The van der Waals surface area contributed by atoms with Gasteiger partial charge in [-0.3, -0.25) is 9.36 Å². The van der Waals surface area contributed by atoms with Crippen molar-refractivity contribution in [3.05, 3.63) is 59.4 Å². The lowest BCUT2D eigenvalue weighted by atomic mass is 10.2. The number of carbonyl (C=O) groups is 1. The number of hydrogen-bond donors (Lipinski definition) is 0. The van der Waals surface area contributed by atoms with Crippen LogP contribution in [-0.4, -0.2) is 51.6 Å². The number of aromatic nitrogens is 3. The summed E-state index contributed by atoms with van der Waals surface area (Å²) in [6.07, 6.45) is 1.61. The molecule has 3 aromatic rings. The zero-order valence-corrected chi connectivity index (χ0v) is 19.3. The smallest absolute Gasteiger partial charge is 0.233 e. The number of thioether (sulfide) groups is 1. The molecule has 0 aliphatic heterocycles. The molecule has 0 bridgehead atoms. The SMILES string of the molecule is CCOc1ccc(CN(CC)C(=O)CSc2nncn2-c2cccc(Cl)c2)cc1OC. The first-order chi connectivity index (χ1) is 15.0. The Balaban J connectivity index is 1.66. The number of benzene rings is 2. The van der Waals surface area contributed by atoms with Crippen molar-refractivity contribution in [2.75, 3.05) is 26.0 Å². The molecule has 31 heavy (non-hydrogen) atoms. The van der Waals surface area contributed by atoms with Crippen molar-refractivity contribution in [2.24, 2.45) is 0 Å². The van der Waals surface area contributed by atoms with E-state index in [9.17, 15) is 4.79 Å². The molecule has 1 aromatic heterocycles. The van der Waals surface area contributed by atoms with Crippen LogP contribution in [0.3, 0.4) is 0 Å². The van der Waals surface area contributed by atoms with Crippen molar-refractivity contribution in [2.45, 2.75) is 25.5 Å². The summed E-state index contributed by atoms with van der Waals surface area (Å²) in [4.78, 5) is 14.7. The van der Waals surface area contributed by atoms with Crippen LogP contribution >= 0.6 is 23.4 Å². The zero-order valence-electron chi connectivity index (χ0n) is 17.7. The van der Waals surface area contributed by atoms with Crippen LogP contribution in [0.2, 0.25) is 5.02 Å². The monoisotopic (exact) mass is 460 g/mol. The molecule has 164 valence electrons. The van der Waals surface area contributed by atoms with Crippen molar-refractivity contribution in [1.82, 2.24) is 19.7 Å². The maximum absolute atomic E-state index is 12.9. The third-order valence-corrected chi connectivity index (χ3v) is 5.73. The summed E-state index contributed by atoms with van der Waals surface area (Å²) in [5.74, 6) is 1.62. The normalized spacial score (nSPS) is 10.7. The first-order valence-corrected chi connectivity index (χ1v) is 11.3. The lowest BCUT2D eigenvalue weighted by Gasteiger charge is -2.21. The number of methoxy groups -OCH3 is 1. The molecule has 0 spiro atoms. The Morgan fingerprint density at radius 3 is 2.74 bits per heavy atom. The largest absolute Gasteiger partial charge is 0.493 e. The van der Waals surface area contributed by atoms with Gasteiger partial charge in [0, 0.05) is 18.1 Å². The number of amides is 1. The van der Waals surface area contributed by atoms with Gasteiger partial charge in [0.05, 0.1) is 25.2 Å². The van der Waals surface area contributed by atoms with Crippen LogP contribution in [0, 0.1) is 0 Å². The minimum atomic E-state index is 0.0148. The summed E-state index contributed by atoms with van der Waals surface area (Å²) in [7, 11) is 1.61. The molecule has 7 nitrogen and oxygen atoms in total. The van der Waals surface area contributed by atoms with Crippen molar-refractivity contribution < 1.29 is 14.3 Å². The first kappa shape index (κ1) is 23.0. The summed E-state index contributed by atoms with van der Waals surface area (Å²) in [6, 6.07) is 13.1. The molecular formula is C22H25ClN4O3S. The molecule has 0 fully saturated rings. The second-order valence-electron chi connectivity index (χ2n) is 6.58. The van der Waals surface area contributed by atoms with Crippen LogP contribution in [0.4, 0.5) is 0 Å². The van der Waals surface area contributed by atoms with E-state index >= 15 is 0 Å². The van der Waals surface area contributed by atoms with Crippen molar-refractivity contribution in [3.8, 4) is 17.2 Å². The average molecular weight is 461 g/mol. The van der Waals surface area contributed by atoms with Gasteiger partial charge in [0.25, 0.3) is 0 Å². The van der Waals surface area contributed by atoms with E-state index in [1.807, 2.05) is 54.8 Å². The summed E-state index contributed by atoms with van der Waals surface area (Å²) in [5.41, 5.74) is 1.82.